The molecule has 0 saturated heterocycles. The third-order valence-corrected chi connectivity index (χ3v) is 6.10. The maximum absolute atomic E-state index is 5.98. The quantitative estimate of drug-likeness (QED) is 0.286. The topological polar surface area (TPSA) is 24.8 Å². The standard InChI is InChI=1S/C28H23BrN2O/c29-24-11-7-10-23(18-24)27-19-28(31(30-27)25-12-5-2-6-13-25)22-14-16-26(17-15-22)32-20-21-8-3-1-4-9-21/h1-18,28H,19-20H2. The van der Waals surface area contributed by atoms with Crippen LogP contribution in [0.5, 0.6) is 5.75 Å². The highest BCUT2D eigenvalue weighted by atomic mass is 79.9. The minimum Gasteiger partial charge on any atom is -0.489 e. The van der Waals surface area contributed by atoms with E-state index in [4.69, 9.17) is 9.84 Å². The summed E-state index contributed by atoms with van der Waals surface area (Å²) in [6.45, 7) is 0.565. The molecule has 0 fully saturated rings. The van der Waals surface area contributed by atoms with Gasteiger partial charge in [-0.3, -0.25) is 5.01 Å². The highest BCUT2D eigenvalue weighted by Gasteiger charge is 2.30. The zero-order valence-electron chi connectivity index (χ0n) is 17.6. The van der Waals surface area contributed by atoms with Crippen LogP contribution in [0.4, 0.5) is 5.69 Å². The molecule has 0 saturated carbocycles. The molecule has 32 heavy (non-hydrogen) atoms. The van der Waals surface area contributed by atoms with E-state index in [-0.39, 0.29) is 6.04 Å². The Morgan fingerprint density at radius 3 is 2.25 bits per heavy atom. The lowest BCUT2D eigenvalue weighted by Crippen LogP contribution is -2.18. The molecule has 0 N–H and O–H groups in total. The smallest absolute Gasteiger partial charge is 0.119 e. The lowest BCUT2D eigenvalue weighted by atomic mass is 9.98. The van der Waals surface area contributed by atoms with Gasteiger partial charge in [-0.25, -0.2) is 0 Å². The number of anilines is 1. The van der Waals surface area contributed by atoms with Crippen molar-refractivity contribution in [2.24, 2.45) is 5.10 Å². The Kier molecular flexibility index (Phi) is 6.04. The summed E-state index contributed by atoms with van der Waals surface area (Å²) in [4.78, 5) is 0. The van der Waals surface area contributed by atoms with Gasteiger partial charge in [0, 0.05) is 10.9 Å². The molecule has 1 unspecified atom stereocenters. The fraction of sp³-hybridized carbons (Fsp3) is 0.107. The van der Waals surface area contributed by atoms with E-state index >= 15 is 0 Å². The first-order valence-electron chi connectivity index (χ1n) is 10.7. The molecule has 0 radical (unpaired) electrons. The molecule has 0 amide bonds. The summed E-state index contributed by atoms with van der Waals surface area (Å²) in [5.74, 6) is 0.870. The van der Waals surface area contributed by atoms with Crippen molar-refractivity contribution in [3.63, 3.8) is 0 Å². The number of para-hydroxylation sites is 1. The monoisotopic (exact) mass is 482 g/mol. The number of rotatable bonds is 6. The van der Waals surface area contributed by atoms with Gasteiger partial charge < -0.3 is 4.74 Å². The molecule has 1 heterocycles. The Hall–Kier alpha value is -3.37. The summed E-state index contributed by atoms with van der Waals surface area (Å²) in [5, 5.41) is 7.16. The number of hydrazone groups is 1. The fourth-order valence-electron chi connectivity index (χ4n) is 3.96. The van der Waals surface area contributed by atoms with Crippen LogP contribution >= 0.6 is 15.9 Å². The van der Waals surface area contributed by atoms with E-state index in [1.165, 1.54) is 5.56 Å². The molecule has 3 nitrogen and oxygen atoms in total. The van der Waals surface area contributed by atoms with E-state index in [0.29, 0.717) is 6.61 Å². The molecule has 5 rings (SSSR count). The van der Waals surface area contributed by atoms with Gasteiger partial charge in [-0.1, -0.05) is 88.7 Å². The van der Waals surface area contributed by atoms with Gasteiger partial charge in [-0.15, -0.1) is 0 Å². The molecule has 0 spiro atoms. The second-order valence-electron chi connectivity index (χ2n) is 7.80. The van der Waals surface area contributed by atoms with Crippen LogP contribution in [0.2, 0.25) is 0 Å². The van der Waals surface area contributed by atoms with E-state index in [1.54, 1.807) is 0 Å². The molecule has 4 heteroatoms. The average Bonchev–Trinajstić information content (AvgIpc) is 3.30. The van der Waals surface area contributed by atoms with Crippen molar-refractivity contribution in [3.8, 4) is 5.75 Å². The first-order valence-corrected chi connectivity index (χ1v) is 11.5. The van der Waals surface area contributed by atoms with Crippen LogP contribution in [0.15, 0.2) is 119 Å². The predicted octanol–water partition coefficient (Wildman–Crippen LogP) is 7.38. The summed E-state index contributed by atoms with van der Waals surface area (Å²) in [6, 6.07) is 37.5. The Labute approximate surface area is 197 Å². The minimum absolute atomic E-state index is 0.134. The Morgan fingerprint density at radius 2 is 1.53 bits per heavy atom. The van der Waals surface area contributed by atoms with Crippen LogP contribution in [0.3, 0.4) is 0 Å². The molecule has 0 aromatic heterocycles. The van der Waals surface area contributed by atoms with Gasteiger partial charge >= 0.3 is 0 Å². The lowest BCUT2D eigenvalue weighted by Gasteiger charge is -2.24. The van der Waals surface area contributed by atoms with E-state index in [9.17, 15) is 0 Å². The summed E-state index contributed by atoms with van der Waals surface area (Å²) >= 11 is 3.59. The number of ether oxygens (including phenoxy) is 1. The van der Waals surface area contributed by atoms with Crippen molar-refractivity contribution in [3.05, 3.63) is 130 Å². The molecule has 0 aliphatic carbocycles. The summed E-state index contributed by atoms with van der Waals surface area (Å²) in [5.41, 5.74) is 5.70. The highest BCUT2D eigenvalue weighted by Crippen LogP contribution is 2.37. The van der Waals surface area contributed by atoms with Crippen molar-refractivity contribution in [1.82, 2.24) is 0 Å². The van der Waals surface area contributed by atoms with Gasteiger partial charge in [0.1, 0.15) is 12.4 Å². The van der Waals surface area contributed by atoms with Crippen molar-refractivity contribution in [1.29, 1.82) is 0 Å². The van der Waals surface area contributed by atoms with Crippen molar-refractivity contribution in [2.45, 2.75) is 19.1 Å². The molecule has 4 aromatic rings. The molecular formula is C28H23BrN2O. The predicted molar refractivity (Wildman–Crippen MR) is 134 cm³/mol. The van der Waals surface area contributed by atoms with Crippen molar-refractivity contribution < 1.29 is 4.74 Å². The Balaban J connectivity index is 1.38. The van der Waals surface area contributed by atoms with Crippen LogP contribution in [0, 0.1) is 0 Å². The molecule has 1 atom stereocenters. The van der Waals surface area contributed by atoms with E-state index in [0.717, 1.165) is 39.2 Å². The maximum Gasteiger partial charge on any atom is 0.119 e. The lowest BCUT2D eigenvalue weighted by molar-refractivity contribution is 0.306. The first kappa shape index (κ1) is 20.5. The third kappa shape index (κ3) is 4.61. The zero-order chi connectivity index (χ0) is 21.8. The van der Waals surface area contributed by atoms with Gasteiger partial charge in [-0.2, -0.15) is 5.10 Å². The molecule has 1 aliphatic rings. The number of benzene rings is 4. The van der Waals surface area contributed by atoms with E-state index in [1.807, 2.05) is 30.3 Å². The largest absolute Gasteiger partial charge is 0.489 e. The number of nitrogens with zero attached hydrogens (tertiary/aromatic N) is 2. The second kappa shape index (κ2) is 9.41. The van der Waals surface area contributed by atoms with E-state index < -0.39 is 0 Å². The molecule has 4 aromatic carbocycles. The number of hydrogen-bond acceptors (Lipinski definition) is 3. The molecular weight excluding hydrogens is 460 g/mol. The number of hydrogen-bond donors (Lipinski definition) is 0. The summed E-state index contributed by atoms with van der Waals surface area (Å²) in [7, 11) is 0. The van der Waals surface area contributed by atoms with Gasteiger partial charge in [0.05, 0.1) is 17.4 Å². The first-order chi connectivity index (χ1) is 15.8. The van der Waals surface area contributed by atoms with Gasteiger partial charge in [0.25, 0.3) is 0 Å². The number of halogens is 1. The Morgan fingerprint density at radius 1 is 0.812 bits per heavy atom. The summed E-state index contributed by atoms with van der Waals surface area (Å²) < 4.78 is 7.04. The average molecular weight is 483 g/mol. The van der Waals surface area contributed by atoms with Crippen molar-refractivity contribution >= 4 is 27.3 Å². The van der Waals surface area contributed by atoms with Crippen molar-refractivity contribution in [2.75, 3.05) is 5.01 Å². The van der Waals surface area contributed by atoms with E-state index in [2.05, 4.69) is 99.8 Å². The fourth-order valence-corrected chi connectivity index (χ4v) is 4.36. The van der Waals surface area contributed by atoms with Crippen LogP contribution in [0.25, 0.3) is 0 Å². The SMILES string of the molecule is Brc1cccc(C2=NN(c3ccccc3)C(c3ccc(OCc4ccccc4)cc3)C2)c1. The Bertz CT molecular complexity index is 1210. The van der Waals surface area contributed by atoms with Crippen LogP contribution in [0.1, 0.15) is 29.2 Å². The summed E-state index contributed by atoms with van der Waals surface area (Å²) in [6.07, 6.45) is 0.843. The minimum atomic E-state index is 0.134. The zero-order valence-corrected chi connectivity index (χ0v) is 19.2. The maximum atomic E-state index is 5.98. The van der Waals surface area contributed by atoms with Gasteiger partial charge in [0.15, 0.2) is 0 Å². The highest BCUT2D eigenvalue weighted by molar-refractivity contribution is 9.10. The molecule has 1 aliphatic heterocycles. The van der Waals surface area contributed by atoms with Crippen LogP contribution < -0.4 is 9.75 Å². The van der Waals surface area contributed by atoms with Crippen LogP contribution in [-0.4, -0.2) is 5.71 Å². The third-order valence-electron chi connectivity index (χ3n) is 5.60. The van der Waals surface area contributed by atoms with Gasteiger partial charge in [-0.05, 0) is 53.1 Å². The second-order valence-corrected chi connectivity index (χ2v) is 8.72. The van der Waals surface area contributed by atoms with Crippen LogP contribution in [-0.2, 0) is 6.61 Å². The molecule has 0 bridgehead atoms. The normalized spacial score (nSPS) is 15.5. The molecule has 158 valence electrons. The van der Waals surface area contributed by atoms with Gasteiger partial charge in [0.2, 0.25) is 0 Å².